The standard InChI is InChI=1S/C22H27N3O2/c23-25(13-12-16-4-2-1-3-5-16)19-9-6-17(7-10-19)18-8-11-20-21(14-18)27-22(15-26)24-20/h1-5,8,11,14-15,17,19,22,24H,6-7,9-10,12-13,23H2. The van der Waals surface area contributed by atoms with Gasteiger partial charge in [0.2, 0.25) is 6.23 Å². The highest BCUT2D eigenvalue weighted by Gasteiger charge is 2.27. The van der Waals surface area contributed by atoms with Crippen molar-refractivity contribution in [2.45, 2.75) is 50.3 Å². The molecule has 27 heavy (non-hydrogen) atoms. The van der Waals surface area contributed by atoms with Crippen LogP contribution in [0, 0.1) is 0 Å². The van der Waals surface area contributed by atoms with Crippen LogP contribution in [0.4, 0.5) is 5.69 Å². The van der Waals surface area contributed by atoms with Crippen LogP contribution in [0.2, 0.25) is 0 Å². The molecule has 1 heterocycles. The molecule has 5 heteroatoms. The summed E-state index contributed by atoms with van der Waals surface area (Å²) < 4.78 is 5.61. The lowest BCUT2D eigenvalue weighted by Gasteiger charge is -2.34. The van der Waals surface area contributed by atoms with Crippen LogP contribution in [-0.4, -0.2) is 30.1 Å². The van der Waals surface area contributed by atoms with Crippen molar-refractivity contribution in [2.24, 2.45) is 5.84 Å². The van der Waals surface area contributed by atoms with Crippen LogP contribution in [0.5, 0.6) is 5.75 Å². The number of ether oxygens (including phenoxy) is 1. The van der Waals surface area contributed by atoms with Gasteiger partial charge in [0.05, 0.1) is 5.69 Å². The van der Waals surface area contributed by atoms with Crippen molar-refractivity contribution >= 4 is 12.0 Å². The lowest BCUT2D eigenvalue weighted by Crippen LogP contribution is -2.44. The number of anilines is 1. The molecule has 4 rings (SSSR count). The Balaban J connectivity index is 1.29. The Hall–Kier alpha value is -2.37. The normalized spacial score (nSPS) is 24.1. The van der Waals surface area contributed by atoms with Gasteiger partial charge in [-0.15, -0.1) is 0 Å². The van der Waals surface area contributed by atoms with Crippen LogP contribution < -0.4 is 15.9 Å². The fourth-order valence-electron chi connectivity index (χ4n) is 4.22. The zero-order chi connectivity index (χ0) is 18.6. The molecule has 2 aliphatic rings. The second-order valence-corrected chi connectivity index (χ2v) is 7.55. The maximum atomic E-state index is 10.9. The Morgan fingerprint density at radius 3 is 2.63 bits per heavy atom. The van der Waals surface area contributed by atoms with E-state index in [2.05, 4.69) is 41.7 Å². The molecule has 0 amide bonds. The molecule has 142 valence electrons. The lowest BCUT2D eigenvalue weighted by molar-refractivity contribution is -0.112. The second-order valence-electron chi connectivity index (χ2n) is 7.55. The molecule has 1 aliphatic heterocycles. The molecule has 0 saturated heterocycles. The number of rotatable bonds is 6. The first-order chi connectivity index (χ1) is 13.2. The van der Waals surface area contributed by atoms with Crippen molar-refractivity contribution in [3.8, 4) is 5.75 Å². The SMILES string of the molecule is NN(CCc1ccccc1)C1CCC(c2ccc3c(c2)OC(C=O)N3)CC1. The number of hydrazine groups is 1. The summed E-state index contributed by atoms with van der Waals surface area (Å²) in [6.45, 7) is 0.894. The van der Waals surface area contributed by atoms with Gasteiger partial charge in [0.25, 0.3) is 0 Å². The number of fused-ring (bicyclic) bond motifs is 1. The van der Waals surface area contributed by atoms with E-state index in [9.17, 15) is 4.79 Å². The topological polar surface area (TPSA) is 67.6 Å². The summed E-state index contributed by atoms with van der Waals surface area (Å²) in [5.74, 6) is 7.68. The first-order valence-corrected chi connectivity index (χ1v) is 9.80. The quantitative estimate of drug-likeness (QED) is 0.466. The summed E-state index contributed by atoms with van der Waals surface area (Å²) in [5, 5.41) is 5.09. The van der Waals surface area contributed by atoms with Crippen molar-refractivity contribution < 1.29 is 9.53 Å². The summed E-state index contributed by atoms with van der Waals surface area (Å²) in [6.07, 6.45) is 5.72. The van der Waals surface area contributed by atoms with E-state index in [4.69, 9.17) is 10.6 Å². The minimum Gasteiger partial charge on any atom is -0.461 e. The molecule has 2 aromatic carbocycles. The number of benzene rings is 2. The molecule has 2 aromatic rings. The van der Waals surface area contributed by atoms with E-state index in [1.54, 1.807) is 0 Å². The molecule has 0 aromatic heterocycles. The molecule has 3 N–H and O–H groups in total. The Labute approximate surface area is 160 Å². The van der Waals surface area contributed by atoms with Gasteiger partial charge >= 0.3 is 0 Å². The highest BCUT2D eigenvalue weighted by molar-refractivity contribution is 5.71. The third-order valence-corrected chi connectivity index (χ3v) is 5.82. The fourth-order valence-corrected chi connectivity index (χ4v) is 4.22. The van der Waals surface area contributed by atoms with Crippen molar-refractivity contribution in [1.82, 2.24) is 5.01 Å². The maximum absolute atomic E-state index is 10.9. The summed E-state index contributed by atoms with van der Waals surface area (Å²) >= 11 is 0. The second kappa shape index (κ2) is 8.11. The van der Waals surface area contributed by atoms with Crippen LogP contribution in [0.1, 0.15) is 42.7 Å². The minimum atomic E-state index is -0.554. The van der Waals surface area contributed by atoms with E-state index in [0.717, 1.165) is 56.4 Å². The molecule has 1 saturated carbocycles. The average Bonchev–Trinajstić information content (AvgIpc) is 3.15. The third-order valence-electron chi connectivity index (χ3n) is 5.82. The van der Waals surface area contributed by atoms with E-state index in [1.165, 1.54) is 11.1 Å². The predicted molar refractivity (Wildman–Crippen MR) is 107 cm³/mol. The highest BCUT2D eigenvalue weighted by Crippen LogP contribution is 2.39. The summed E-state index contributed by atoms with van der Waals surface area (Å²) in [5.41, 5.74) is 3.54. The number of nitrogens with two attached hydrogens (primary N) is 1. The van der Waals surface area contributed by atoms with Gasteiger partial charge in [-0.2, -0.15) is 0 Å². The van der Waals surface area contributed by atoms with Gasteiger partial charge in [-0.1, -0.05) is 36.4 Å². The number of aldehydes is 1. The molecule has 0 bridgehead atoms. The van der Waals surface area contributed by atoms with Gasteiger partial charge in [0.1, 0.15) is 5.75 Å². The zero-order valence-corrected chi connectivity index (χ0v) is 15.5. The first kappa shape index (κ1) is 18.0. The first-order valence-electron chi connectivity index (χ1n) is 9.80. The molecular formula is C22H27N3O2. The van der Waals surface area contributed by atoms with Crippen LogP contribution in [0.15, 0.2) is 48.5 Å². The highest BCUT2D eigenvalue weighted by atomic mass is 16.5. The number of carbonyl (C=O) groups is 1. The molecule has 1 atom stereocenters. The fraction of sp³-hybridized carbons (Fsp3) is 0.409. The Bertz CT molecular complexity index is 772. The van der Waals surface area contributed by atoms with E-state index in [1.807, 2.05) is 17.1 Å². The van der Waals surface area contributed by atoms with Crippen molar-refractivity contribution in [3.63, 3.8) is 0 Å². The van der Waals surface area contributed by atoms with Gasteiger partial charge in [0.15, 0.2) is 6.29 Å². The smallest absolute Gasteiger partial charge is 0.226 e. The van der Waals surface area contributed by atoms with E-state index >= 15 is 0 Å². The number of hydrogen-bond donors (Lipinski definition) is 2. The monoisotopic (exact) mass is 365 g/mol. The molecule has 1 fully saturated rings. The third kappa shape index (κ3) is 4.15. The Kier molecular flexibility index (Phi) is 5.41. The number of nitrogens with zero attached hydrogens (tertiary/aromatic N) is 1. The molecule has 1 unspecified atom stereocenters. The van der Waals surface area contributed by atoms with E-state index in [0.29, 0.717) is 12.0 Å². The lowest BCUT2D eigenvalue weighted by atomic mass is 9.81. The molecule has 5 nitrogen and oxygen atoms in total. The van der Waals surface area contributed by atoms with Crippen molar-refractivity contribution in [2.75, 3.05) is 11.9 Å². The minimum absolute atomic E-state index is 0.455. The van der Waals surface area contributed by atoms with Gasteiger partial charge in [-0.25, -0.2) is 5.01 Å². The van der Waals surface area contributed by atoms with Crippen LogP contribution >= 0.6 is 0 Å². The number of hydrogen-bond acceptors (Lipinski definition) is 5. The molecular weight excluding hydrogens is 338 g/mol. The zero-order valence-electron chi connectivity index (χ0n) is 15.5. The van der Waals surface area contributed by atoms with E-state index < -0.39 is 6.23 Å². The average molecular weight is 365 g/mol. The molecule has 0 radical (unpaired) electrons. The van der Waals surface area contributed by atoms with Crippen LogP contribution in [0.3, 0.4) is 0 Å². The van der Waals surface area contributed by atoms with Crippen molar-refractivity contribution in [1.29, 1.82) is 0 Å². The maximum Gasteiger partial charge on any atom is 0.226 e. The Morgan fingerprint density at radius 1 is 1.11 bits per heavy atom. The van der Waals surface area contributed by atoms with Gasteiger partial charge in [0, 0.05) is 12.6 Å². The summed E-state index contributed by atoms with van der Waals surface area (Å²) in [4.78, 5) is 10.9. The van der Waals surface area contributed by atoms with Crippen LogP contribution in [0.25, 0.3) is 0 Å². The van der Waals surface area contributed by atoms with E-state index in [-0.39, 0.29) is 0 Å². The largest absolute Gasteiger partial charge is 0.461 e. The predicted octanol–water partition coefficient (Wildman–Crippen LogP) is 3.46. The van der Waals surface area contributed by atoms with Crippen molar-refractivity contribution in [3.05, 3.63) is 59.7 Å². The molecule has 0 spiro atoms. The summed E-state index contributed by atoms with van der Waals surface area (Å²) in [6, 6.07) is 17.2. The van der Waals surface area contributed by atoms with Gasteiger partial charge in [-0.05, 0) is 61.3 Å². The number of nitrogens with one attached hydrogen (secondary N) is 1. The van der Waals surface area contributed by atoms with Crippen LogP contribution in [-0.2, 0) is 11.2 Å². The van der Waals surface area contributed by atoms with Gasteiger partial charge in [-0.3, -0.25) is 10.6 Å². The molecule has 1 aliphatic carbocycles. The summed E-state index contributed by atoms with van der Waals surface area (Å²) in [7, 11) is 0. The Morgan fingerprint density at radius 2 is 1.89 bits per heavy atom. The van der Waals surface area contributed by atoms with Gasteiger partial charge < -0.3 is 10.1 Å². The number of carbonyl (C=O) groups excluding carboxylic acids is 1.